The predicted molar refractivity (Wildman–Crippen MR) is 456 cm³/mol. The molecule has 119 heavy (non-hydrogen) atoms. The molecule has 17 rings (SSSR count). The highest BCUT2D eigenvalue weighted by Gasteiger charge is 2.69. The van der Waals surface area contributed by atoms with Crippen LogP contribution in [0.3, 0.4) is 0 Å². The van der Waals surface area contributed by atoms with E-state index in [0.29, 0.717) is 236 Å². The van der Waals surface area contributed by atoms with Gasteiger partial charge >= 0.3 is 23.9 Å². The molecule has 17 aliphatic rings. The first kappa shape index (κ1) is 91.3. The SMILES string of the molecule is COC(=O)CCC(C)[C@H]1CCC2C3CC(=O)[C@@H]4CC(=O)CC[C@]4(C)C3CC[C@@]21C.COC(=O)CCC(C)[C@H]1CCC2C3CC(=O)[C@H]4CC(=O)CC[C@]4(C)C3CC[C@@]21C.COC(=O)CCC(C)[C@H]1CCC2C3CC(=O)[C@H]4CC5(CC[C@]4(C)C3CC[C@@]21C)OCCO5.COC(=O)CCC(C)[C@H]1CCC2C3C[C@H](O)[C@@H]4C[C@H](O)CC[C@]4(C)C3CC[C@@]21C. The van der Waals surface area contributed by atoms with Crippen molar-refractivity contribution in [3.8, 4) is 0 Å². The molecule has 16 saturated carbocycles. The maximum atomic E-state index is 13.6. The highest BCUT2D eigenvalue weighted by atomic mass is 16.7. The van der Waals surface area contributed by atoms with Gasteiger partial charge in [-0.05, 0) is 341 Å². The lowest BCUT2D eigenvalue weighted by molar-refractivity contribution is -0.226. The van der Waals surface area contributed by atoms with Crippen LogP contribution in [0.25, 0.3) is 0 Å². The van der Waals surface area contributed by atoms with E-state index in [-0.39, 0.29) is 92.2 Å². The summed E-state index contributed by atoms with van der Waals surface area (Å²) in [5.41, 5.74) is 1.55. The Kier molecular flexibility index (Phi) is 27.1. The number of hydrogen-bond donors (Lipinski definition) is 2. The fraction of sp³-hybridized carbons (Fsp3) is 0.912. The van der Waals surface area contributed by atoms with Crippen molar-refractivity contribution >= 4 is 52.8 Å². The predicted octanol–water partition coefficient (Wildman–Crippen LogP) is 19.7. The van der Waals surface area contributed by atoms with Gasteiger partial charge in [-0.25, -0.2) is 0 Å². The Morgan fingerprint density at radius 3 is 0.992 bits per heavy atom. The molecule has 0 bridgehead atoms. The number of carbonyl (C=O) groups excluding carboxylic acids is 9. The molecule has 1 spiro atoms. The van der Waals surface area contributed by atoms with Crippen molar-refractivity contribution in [2.45, 2.75) is 358 Å². The van der Waals surface area contributed by atoms with E-state index in [9.17, 15) is 53.4 Å². The number of rotatable bonds is 16. The molecule has 670 valence electrons. The summed E-state index contributed by atoms with van der Waals surface area (Å²) in [5.74, 6) is 13.2. The highest BCUT2D eigenvalue weighted by Crippen LogP contribution is 2.74. The number of ether oxygens (including phenoxy) is 6. The van der Waals surface area contributed by atoms with Crippen LogP contribution < -0.4 is 0 Å². The Labute approximate surface area is 715 Å². The fourth-order valence-electron chi connectivity index (χ4n) is 35.2. The standard InChI is InChI=1S/C27H42O5.C25H42O4.2C25H38O4/c1-17(5-8-24(29)30-4)19-6-7-20-18-15-23(28)22-16-27(31-13-14-32-27)12-11-26(22,3)21(18)9-10-25(19,20)2;3*1-15(5-8-23(28)29-4)18-6-7-19-17-14-22(27)21-13-16(26)9-11-25(21,3)20(17)10-12-24(18,19)2/h17-22H,5-16H2,1-4H3;15-22,26-27H,5-14H2,1-4H3;2*15,17-21H,5-14H2,1-4H3/t17?,18?,19-,20?,21?,22-,25-,26-;15?,16-,17?,18-,19?,20?,21+,22+,24-,25-;15?,17?,18-,19?,20?,21+,24-,25-;15?,17?,18-,19?,20?,21-,24-,25-/m1111/s1. The largest absolute Gasteiger partial charge is 0.469 e. The van der Waals surface area contributed by atoms with Gasteiger partial charge in [0.25, 0.3) is 0 Å². The van der Waals surface area contributed by atoms with Gasteiger partial charge in [0.05, 0.1) is 53.9 Å². The number of ketones is 5. The number of aliphatic hydroxyl groups is 2. The molecule has 0 radical (unpaired) electrons. The summed E-state index contributed by atoms with van der Waals surface area (Å²) in [6.45, 7) is 30.1. The van der Waals surface area contributed by atoms with Crippen molar-refractivity contribution in [2.75, 3.05) is 41.7 Å². The minimum Gasteiger partial charge on any atom is -0.469 e. The van der Waals surface area contributed by atoms with E-state index in [1.165, 1.54) is 131 Å². The van der Waals surface area contributed by atoms with E-state index in [1.54, 1.807) is 0 Å². The number of esters is 4. The lowest BCUT2D eigenvalue weighted by atomic mass is 9.44. The van der Waals surface area contributed by atoms with Gasteiger partial charge in [0.15, 0.2) is 5.79 Å². The molecule has 34 atom stereocenters. The summed E-state index contributed by atoms with van der Waals surface area (Å²) in [5, 5.41) is 21.3. The van der Waals surface area contributed by atoms with Crippen LogP contribution in [0.15, 0.2) is 0 Å². The quantitative estimate of drug-likeness (QED) is 0.108. The smallest absolute Gasteiger partial charge is 0.305 e. The number of fused-ring (bicyclic) bond motifs is 20. The van der Waals surface area contributed by atoms with Crippen molar-refractivity contribution in [2.24, 2.45) is 185 Å². The number of aliphatic hydroxyl groups excluding tert-OH is 2. The van der Waals surface area contributed by atoms with Crippen molar-refractivity contribution in [3.63, 3.8) is 0 Å². The molecule has 17 nitrogen and oxygen atoms in total. The van der Waals surface area contributed by atoms with E-state index in [0.717, 1.165) is 89.9 Å². The summed E-state index contributed by atoms with van der Waals surface area (Å²) < 4.78 is 31.5. The zero-order valence-corrected chi connectivity index (χ0v) is 76.7. The van der Waals surface area contributed by atoms with E-state index in [2.05, 4.69) is 83.1 Å². The van der Waals surface area contributed by atoms with Gasteiger partial charge in [-0.3, -0.25) is 43.2 Å². The third kappa shape index (κ3) is 16.5. The minimum atomic E-state index is -0.483. The molecule has 0 amide bonds. The van der Waals surface area contributed by atoms with Crippen LogP contribution >= 0.6 is 0 Å². The molecule has 1 heterocycles. The Hall–Kier alpha value is -3.93. The third-order valence-electron chi connectivity index (χ3n) is 41.7. The minimum absolute atomic E-state index is 0.0227. The number of methoxy groups -OCH3 is 4. The van der Waals surface area contributed by atoms with Crippen LogP contribution in [0.2, 0.25) is 0 Å². The monoisotopic (exact) mass is 1660 g/mol. The zero-order chi connectivity index (χ0) is 85.6. The molecule has 17 fully saturated rings. The second-order valence-corrected chi connectivity index (χ2v) is 46.1. The molecule has 2 N–H and O–H groups in total. The first-order chi connectivity index (χ1) is 56.3. The summed E-state index contributed by atoms with van der Waals surface area (Å²) in [4.78, 5) is 111. The normalized spacial score (nSPS) is 46.6. The van der Waals surface area contributed by atoms with Gasteiger partial charge in [0.1, 0.15) is 28.9 Å². The number of hydrogen-bond acceptors (Lipinski definition) is 17. The molecule has 1 aliphatic heterocycles. The first-order valence-electron chi connectivity index (χ1n) is 48.9. The molecule has 0 aromatic heterocycles. The van der Waals surface area contributed by atoms with Gasteiger partial charge in [-0.2, -0.15) is 0 Å². The van der Waals surface area contributed by atoms with Gasteiger partial charge < -0.3 is 38.6 Å². The first-order valence-corrected chi connectivity index (χ1v) is 48.9. The van der Waals surface area contributed by atoms with Crippen LogP contribution in [-0.2, 0) is 71.6 Å². The second-order valence-electron chi connectivity index (χ2n) is 46.1. The van der Waals surface area contributed by atoms with E-state index in [1.807, 2.05) is 0 Å². The van der Waals surface area contributed by atoms with Gasteiger partial charge in [0.2, 0.25) is 0 Å². The maximum Gasteiger partial charge on any atom is 0.305 e. The molecule has 16 aliphatic carbocycles. The average Bonchev–Trinajstić information content (AvgIpc) is 1.52. The summed E-state index contributed by atoms with van der Waals surface area (Å²) in [6.07, 6.45) is 37.8. The van der Waals surface area contributed by atoms with Crippen LogP contribution in [0, 0.1) is 185 Å². The van der Waals surface area contributed by atoms with Crippen LogP contribution in [-0.4, -0.2) is 123 Å². The Morgan fingerprint density at radius 2 is 0.647 bits per heavy atom. The van der Waals surface area contributed by atoms with E-state index >= 15 is 0 Å². The lowest BCUT2D eigenvalue weighted by Gasteiger charge is -2.62. The Bertz CT molecular complexity index is 3590. The summed E-state index contributed by atoms with van der Waals surface area (Å²) >= 11 is 0. The second kappa shape index (κ2) is 35.4. The van der Waals surface area contributed by atoms with Gasteiger partial charge in [-0.15, -0.1) is 0 Å². The number of Topliss-reactive ketones (excluding diaryl/α,β-unsaturated/α-hetero) is 5. The highest BCUT2D eigenvalue weighted by molar-refractivity contribution is 5.92. The summed E-state index contributed by atoms with van der Waals surface area (Å²) in [7, 11) is 5.89. The van der Waals surface area contributed by atoms with Crippen molar-refractivity contribution in [1.29, 1.82) is 0 Å². The van der Waals surface area contributed by atoms with Crippen molar-refractivity contribution in [1.82, 2.24) is 0 Å². The zero-order valence-electron chi connectivity index (χ0n) is 76.7. The van der Waals surface area contributed by atoms with E-state index in [4.69, 9.17) is 28.4 Å². The van der Waals surface area contributed by atoms with Crippen molar-refractivity contribution in [3.05, 3.63) is 0 Å². The average molecular weight is 1660 g/mol. The molecule has 1 saturated heterocycles. The maximum absolute atomic E-state index is 13.6. The van der Waals surface area contributed by atoms with Gasteiger partial charge in [0, 0.05) is 101 Å². The third-order valence-corrected chi connectivity index (χ3v) is 41.7. The fourth-order valence-corrected chi connectivity index (χ4v) is 35.2. The van der Waals surface area contributed by atoms with E-state index < -0.39 is 5.79 Å². The lowest BCUT2D eigenvalue weighted by Crippen LogP contribution is -2.59. The van der Waals surface area contributed by atoms with Crippen LogP contribution in [0.4, 0.5) is 0 Å². The molecule has 16 unspecified atom stereocenters. The van der Waals surface area contributed by atoms with Crippen LogP contribution in [0.1, 0.15) is 340 Å². The number of carbonyl (C=O) groups is 9. The molecule has 0 aromatic rings. The molecule has 17 heteroatoms. The topological polar surface area (TPSA) is 249 Å². The van der Waals surface area contributed by atoms with Crippen LogP contribution in [0.5, 0.6) is 0 Å². The van der Waals surface area contributed by atoms with Crippen molar-refractivity contribution < 1.29 is 81.8 Å². The molecular formula is C102H160O17. The molecular weight excluding hydrogens is 1500 g/mol. The van der Waals surface area contributed by atoms with Gasteiger partial charge in [-0.1, -0.05) is 83.1 Å². The Morgan fingerprint density at radius 1 is 0.345 bits per heavy atom. The Balaban J connectivity index is 0.000000130. The molecule has 0 aromatic carbocycles. The summed E-state index contributed by atoms with van der Waals surface area (Å²) in [6, 6.07) is 0.